The first-order chi connectivity index (χ1) is 15.9. The summed E-state index contributed by atoms with van der Waals surface area (Å²) in [4.78, 5) is 17.3. The predicted octanol–water partition coefficient (Wildman–Crippen LogP) is 6.15. The summed E-state index contributed by atoms with van der Waals surface area (Å²) < 4.78 is 47.0. The van der Waals surface area contributed by atoms with Gasteiger partial charge in [0.05, 0.1) is 12.0 Å². The number of halogens is 3. The number of hydrogen-bond acceptors (Lipinski definition) is 5. The van der Waals surface area contributed by atoms with Gasteiger partial charge < -0.3 is 15.8 Å². The molecule has 0 aliphatic rings. The van der Waals surface area contributed by atoms with Crippen molar-refractivity contribution in [2.24, 2.45) is 11.7 Å². The van der Waals surface area contributed by atoms with Crippen LogP contribution in [0.3, 0.4) is 0 Å². The molecule has 9 heteroatoms. The van der Waals surface area contributed by atoms with Gasteiger partial charge in [-0.2, -0.15) is 13.2 Å². The molecule has 0 unspecified atom stereocenters. The Bertz CT molecular complexity index is 1110. The topological polar surface area (TPSA) is 77.2 Å². The van der Waals surface area contributed by atoms with Gasteiger partial charge in [-0.3, -0.25) is 4.79 Å². The van der Waals surface area contributed by atoms with Crippen LogP contribution in [0.25, 0.3) is 11.1 Å². The zero-order chi connectivity index (χ0) is 24.9. The van der Waals surface area contributed by atoms with E-state index in [0.29, 0.717) is 17.5 Å². The van der Waals surface area contributed by atoms with Gasteiger partial charge in [-0.1, -0.05) is 26.0 Å². The van der Waals surface area contributed by atoms with E-state index in [1.807, 2.05) is 31.4 Å². The molecule has 3 aromatic rings. The van der Waals surface area contributed by atoms with Crippen LogP contribution in [0.15, 0.2) is 54.0 Å². The molecule has 0 bridgehead atoms. The first-order valence-corrected chi connectivity index (χ1v) is 11.7. The highest BCUT2D eigenvalue weighted by Gasteiger charge is 2.35. The monoisotopic (exact) mass is 491 g/mol. The van der Waals surface area contributed by atoms with E-state index in [9.17, 15) is 18.0 Å². The minimum absolute atomic E-state index is 0.0384. The number of benzene rings is 1. The molecule has 1 atom stereocenters. The summed E-state index contributed by atoms with van der Waals surface area (Å²) in [6.45, 7) is 5.71. The Morgan fingerprint density at radius 3 is 2.56 bits per heavy atom. The minimum Gasteiger partial charge on any atom is -0.491 e. The molecule has 0 saturated heterocycles. The fraction of sp³-hybridized carbons (Fsp3) is 0.360. The van der Waals surface area contributed by atoms with Crippen LogP contribution in [0.1, 0.15) is 37.6 Å². The van der Waals surface area contributed by atoms with Crippen LogP contribution in [-0.2, 0) is 17.4 Å². The summed E-state index contributed by atoms with van der Waals surface area (Å²) in [5, 5.41) is 4.58. The van der Waals surface area contributed by atoms with Crippen molar-refractivity contribution in [1.82, 2.24) is 4.98 Å². The molecule has 182 valence electrons. The third-order valence-electron chi connectivity index (χ3n) is 4.99. The molecular formula is C25H28F3N3O2S. The maximum Gasteiger partial charge on any atom is 0.419 e. The Labute approximate surface area is 201 Å². The molecule has 1 aromatic carbocycles. The van der Waals surface area contributed by atoms with Gasteiger partial charge in [0, 0.05) is 16.6 Å². The SMILES string of the molecule is CC(C)C[C@](C)(N)COc1ccc(-c2ccnc(NC(=O)Cc3cccs3)c2)cc1C(F)(F)F. The number of pyridine rings is 1. The lowest BCUT2D eigenvalue weighted by Crippen LogP contribution is -2.43. The molecule has 0 saturated carbocycles. The van der Waals surface area contributed by atoms with Gasteiger partial charge in [0.15, 0.2) is 0 Å². The highest BCUT2D eigenvalue weighted by molar-refractivity contribution is 7.10. The number of carbonyl (C=O) groups excluding carboxylic acids is 1. The largest absolute Gasteiger partial charge is 0.491 e. The van der Waals surface area contributed by atoms with E-state index in [4.69, 9.17) is 10.5 Å². The summed E-state index contributed by atoms with van der Waals surface area (Å²) in [6, 6.07) is 10.7. The molecule has 0 fully saturated rings. The number of amides is 1. The van der Waals surface area contributed by atoms with Gasteiger partial charge in [0.1, 0.15) is 18.2 Å². The second-order valence-electron chi connectivity index (χ2n) is 8.98. The van der Waals surface area contributed by atoms with Crippen molar-refractivity contribution in [1.29, 1.82) is 0 Å². The molecule has 2 heterocycles. The van der Waals surface area contributed by atoms with Crippen molar-refractivity contribution in [2.45, 2.75) is 45.3 Å². The van der Waals surface area contributed by atoms with E-state index in [-0.39, 0.29) is 36.4 Å². The summed E-state index contributed by atoms with van der Waals surface area (Å²) in [5.74, 6) is 0.0311. The Balaban J connectivity index is 1.80. The molecule has 2 aromatic heterocycles. The first kappa shape index (κ1) is 25.7. The van der Waals surface area contributed by atoms with Crippen LogP contribution in [0.5, 0.6) is 5.75 Å². The Morgan fingerprint density at radius 2 is 1.91 bits per heavy atom. The predicted molar refractivity (Wildman–Crippen MR) is 129 cm³/mol. The van der Waals surface area contributed by atoms with Gasteiger partial charge in [-0.25, -0.2) is 4.98 Å². The van der Waals surface area contributed by atoms with Gasteiger partial charge in [0.2, 0.25) is 5.91 Å². The molecular weight excluding hydrogens is 463 g/mol. The summed E-state index contributed by atoms with van der Waals surface area (Å²) in [7, 11) is 0. The van der Waals surface area contributed by atoms with E-state index in [1.54, 1.807) is 25.1 Å². The van der Waals surface area contributed by atoms with Crippen molar-refractivity contribution < 1.29 is 22.7 Å². The normalized spacial score (nSPS) is 13.5. The van der Waals surface area contributed by atoms with Crippen molar-refractivity contribution in [2.75, 3.05) is 11.9 Å². The van der Waals surface area contributed by atoms with Crippen LogP contribution in [0.4, 0.5) is 19.0 Å². The lowest BCUT2D eigenvalue weighted by atomic mass is 9.93. The molecule has 0 spiro atoms. The van der Waals surface area contributed by atoms with Crippen LogP contribution in [0.2, 0.25) is 0 Å². The van der Waals surface area contributed by atoms with E-state index in [0.717, 1.165) is 10.9 Å². The highest BCUT2D eigenvalue weighted by atomic mass is 32.1. The van der Waals surface area contributed by atoms with Crippen LogP contribution in [-0.4, -0.2) is 23.0 Å². The number of ether oxygens (including phenoxy) is 1. The lowest BCUT2D eigenvalue weighted by molar-refractivity contribution is -0.139. The Morgan fingerprint density at radius 1 is 1.18 bits per heavy atom. The quantitative estimate of drug-likeness (QED) is 0.376. The number of hydrogen-bond donors (Lipinski definition) is 2. The Hall–Kier alpha value is -2.91. The summed E-state index contributed by atoms with van der Waals surface area (Å²) >= 11 is 1.47. The van der Waals surface area contributed by atoms with Gasteiger partial charge >= 0.3 is 6.18 Å². The van der Waals surface area contributed by atoms with Crippen LogP contribution >= 0.6 is 11.3 Å². The van der Waals surface area contributed by atoms with Gasteiger partial charge in [-0.15, -0.1) is 11.3 Å². The fourth-order valence-electron chi connectivity index (χ4n) is 3.73. The van der Waals surface area contributed by atoms with E-state index < -0.39 is 17.3 Å². The Kier molecular flexibility index (Phi) is 7.99. The second kappa shape index (κ2) is 10.6. The minimum atomic E-state index is -4.61. The number of aromatic nitrogens is 1. The second-order valence-corrected chi connectivity index (χ2v) is 10.0. The maximum absolute atomic E-state index is 13.8. The molecule has 0 aliphatic carbocycles. The third kappa shape index (κ3) is 7.30. The highest BCUT2D eigenvalue weighted by Crippen LogP contribution is 2.39. The number of nitrogens with zero attached hydrogens (tertiary/aromatic N) is 1. The lowest BCUT2D eigenvalue weighted by Gasteiger charge is -2.27. The molecule has 3 N–H and O–H groups in total. The number of rotatable bonds is 9. The van der Waals surface area contributed by atoms with Gasteiger partial charge in [-0.05, 0) is 66.1 Å². The van der Waals surface area contributed by atoms with Crippen molar-refractivity contribution in [3.8, 4) is 16.9 Å². The van der Waals surface area contributed by atoms with E-state index in [1.165, 1.54) is 23.6 Å². The summed E-state index contributed by atoms with van der Waals surface area (Å²) in [6.07, 6.45) is -2.35. The standard InChI is InChI=1S/C25H28F3N3O2S/c1-16(2)14-24(3,29)15-33-21-7-6-17(11-20(21)25(26,27)28)18-8-9-30-22(12-18)31-23(32)13-19-5-4-10-34-19/h4-12,16H,13-15,29H2,1-3H3,(H,30,31,32)/t24-/m0/s1. The van der Waals surface area contributed by atoms with E-state index >= 15 is 0 Å². The smallest absolute Gasteiger partial charge is 0.419 e. The average Bonchev–Trinajstić information content (AvgIpc) is 3.23. The number of nitrogens with one attached hydrogen (secondary N) is 1. The zero-order valence-electron chi connectivity index (χ0n) is 19.3. The number of nitrogens with two attached hydrogens (primary N) is 1. The number of alkyl halides is 3. The van der Waals surface area contributed by atoms with Crippen LogP contribution < -0.4 is 15.8 Å². The molecule has 0 aliphatic heterocycles. The number of thiophene rings is 1. The maximum atomic E-state index is 13.8. The number of carbonyl (C=O) groups is 1. The van der Waals surface area contributed by atoms with Crippen molar-refractivity contribution in [3.05, 3.63) is 64.5 Å². The average molecular weight is 492 g/mol. The fourth-order valence-corrected chi connectivity index (χ4v) is 4.43. The van der Waals surface area contributed by atoms with Gasteiger partial charge in [0.25, 0.3) is 0 Å². The first-order valence-electron chi connectivity index (χ1n) is 10.8. The van der Waals surface area contributed by atoms with Crippen LogP contribution in [0, 0.1) is 5.92 Å². The molecule has 34 heavy (non-hydrogen) atoms. The third-order valence-corrected chi connectivity index (χ3v) is 5.87. The molecule has 1 amide bonds. The molecule has 3 rings (SSSR count). The number of anilines is 1. The molecule has 0 radical (unpaired) electrons. The molecule has 5 nitrogen and oxygen atoms in total. The van der Waals surface area contributed by atoms with Crippen molar-refractivity contribution >= 4 is 23.1 Å². The van der Waals surface area contributed by atoms with Crippen molar-refractivity contribution in [3.63, 3.8) is 0 Å². The summed E-state index contributed by atoms with van der Waals surface area (Å²) in [5.41, 5.74) is 5.38. The van der Waals surface area contributed by atoms with E-state index in [2.05, 4.69) is 10.3 Å². The zero-order valence-corrected chi connectivity index (χ0v) is 20.1.